The first-order valence-electron chi connectivity index (χ1n) is 8.42. The number of carbonyl (C=O) groups excluding carboxylic acids is 3. The minimum absolute atomic E-state index is 0.0794. The van der Waals surface area contributed by atoms with E-state index in [0.717, 1.165) is 0 Å². The average Bonchev–Trinajstić information content (AvgIpc) is 2.97. The standard InChI is InChI=1S/C19H19FN4O3/c1-13(25)21-15-4-6-16(7-5-15)22-18(26)12-23-10-11-24(19(23)27)17-8-2-14(20)3-9-17/h2-9H,10-12H2,1H3,(H,21,25)(H,22,26). The number of halogens is 1. The molecule has 2 aromatic rings. The lowest BCUT2D eigenvalue weighted by molar-refractivity contribution is -0.116. The quantitative estimate of drug-likeness (QED) is 0.849. The Morgan fingerprint density at radius 1 is 0.963 bits per heavy atom. The third kappa shape index (κ3) is 4.60. The van der Waals surface area contributed by atoms with Crippen LogP contribution in [0.1, 0.15) is 6.92 Å². The predicted molar refractivity (Wildman–Crippen MR) is 100 cm³/mol. The van der Waals surface area contributed by atoms with Gasteiger partial charge in [-0.25, -0.2) is 9.18 Å². The number of benzene rings is 2. The van der Waals surface area contributed by atoms with Crippen molar-refractivity contribution < 1.29 is 18.8 Å². The summed E-state index contributed by atoms with van der Waals surface area (Å²) in [6.45, 7) is 2.18. The van der Waals surface area contributed by atoms with Crippen LogP contribution in [0.2, 0.25) is 0 Å². The molecule has 140 valence electrons. The van der Waals surface area contributed by atoms with Crippen LogP contribution in [0.5, 0.6) is 0 Å². The number of anilines is 3. The van der Waals surface area contributed by atoms with Gasteiger partial charge in [0.15, 0.2) is 0 Å². The Morgan fingerprint density at radius 3 is 2.15 bits per heavy atom. The highest BCUT2D eigenvalue weighted by Gasteiger charge is 2.30. The van der Waals surface area contributed by atoms with Crippen LogP contribution < -0.4 is 15.5 Å². The van der Waals surface area contributed by atoms with Gasteiger partial charge in [0.2, 0.25) is 11.8 Å². The van der Waals surface area contributed by atoms with E-state index in [0.29, 0.717) is 30.2 Å². The molecule has 0 aliphatic carbocycles. The van der Waals surface area contributed by atoms with Gasteiger partial charge in [-0.05, 0) is 48.5 Å². The molecular weight excluding hydrogens is 351 g/mol. The summed E-state index contributed by atoms with van der Waals surface area (Å²) < 4.78 is 13.0. The minimum atomic E-state index is -0.369. The highest BCUT2D eigenvalue weighted by atomic mass is 19.1. The van der Waals surface area contributed by atoms with Crippen LogP contribution in [0.15, 0.2) is 48.5 Å². The summed E-state index contributed by atoms with van der Waals surface area (Å²) in [5, 5.41) is 5.36. The first-order chi connectivity index (χ1) is 12.9. The van der Waals surface area contributed by atoms with Gasteiger partial charge in [-0.2, -0.15) is 0 Å². The number of nitrogens with one attached hydrogen (secondary N) is 2. The van der Waals surface area contributed by atoms with Gasteiger partial charge in [0.05, 0.1) is 0 Å². The Hall–Kier alpha value is -3.42. The largest absolute Gasteiger partial charge is 0.326 e. The van der Waals surface area contributed by atoms with Crippen molar-refractivity contribution in [3.63, 3.8) is 0 Å². The lowest BCUT2D eigenvalue weighted by atomic mass is 10.2. The van der Waals surface area contributed by atoms with Gasteiger partial charge in [0.25, 0.3) is 0 Å². The molecule has 0 aromatic heterocycles. The zero-order chi connectivity index (χ0) is 19.4. The summed E-state index contributed by atoms with van der Waals surface area (Å²) in [6, 6.07) is 12.0. The van der Waals surface area contributed by atoms with E-state index < -0.39 is 0 Å². The number of urea groups is 1. The van der Waals surface area contributed by atoms with Crippen molar-refractivity contribution in [3.05, 3.63) is 54.3 Å². The lowest BCUT2D eigenvalue weighted by Gasteiger charge is -2.18. The molecule has 0 saturated carbocycles. The van der Waals surface area contributed by atoms with Crippen molar-refractivity contribution in [1.29, 1.82) is 0 Å². The van der Waals surface area contributed by atoms with E-state index in [1.807, 2.05) is 0 Å². The molecule has 4 amide bonds. The molecule has 0 radical (unpaired) electrons. The second-order valence-electron chi connectivity index (χ2n) is 6.14. The Bertz CT molecular complexity index is 852. The van der Waals surface area contributed by atoms with E-state index in [2.05, 4.69) is 10.6 Å². The highest BCUT2D eigenvalue weighted by molar-refractivity contribution is 5.99. The monoisotopic (exact) mass is 370 g/mol. The number of rotatable bonds is 5. The fourth-order valence-electron chi connectivity index (χ4n) is 2.80. The summed E-state index contributed by atoms with van der Waals surface area (Å²) in [6.07, 6.45) is 0. The van der Waals surface area contributed by atoms with Gasteiger partial charge >= 0.3 is 6.03 Å². The minimum Gasteiger partial charge on any atom is -0.326 e. The molecule has 1 saturated heterocycles. The number of carbonyl (C=O) groups is 3. The zero-order valence-corrected chi connectivity index (χ0v) is 14.7. The Morgan fingerprint density at radius 2 is 1.56 bits per heavy atom. The van der Waals surface area contributed by atoms with E-state index in [1.54, 1.807) is 24.3 Å². The first-order valence-corrected chi connectivity index (χ1v) is 8.42. The number of hydrogen-bond acceptors (Lipinski definition) is 3. The normalized spacial score (nSPS) is 13.6. The second-order valence-corrected chi connectivity index (χ2v) is 6.14. The van der Waals surface area contributed by atoms with Gasteiger partial charge in [-0.15, -0.1) is 0 Å². The Balaban J connectivity index is 1.56. The van der Waals surface area contributed by atoms with Crippen LogP contribution in [0.3, 0.4) is 0 Å². The molecule has 7 nitrogen and oxygen atoms in total. The molecule has 0 atom stereocenters. The smallest absolute Gasteiger partial charge is 0.325 e. The van der Waals surface area contributed by atoms with E-state index in [-0.39, 0.29) is 30.2 Å². The SMILES string of the molecule is CC(=O)Nc1ccc(NC(=O)CN2CCN(c3ccc(F)cc3)C2=O)cc1. The van der Waals surface area contributed by atoms with Gasteiger partial charge in [0, 0.05) is 37.1 Å². The summed E-state index contributed by atoms with van der Waals surface area (Å²) >= 11 is 0. The van der Waals surface area contributed by atoms with Crippen LogP contribution in [0.25, 0.3) is 0 Å². The molecule has 8 heteroatoms. The summed E-state index contributed by atoms with van der Waals surface area (Å²) in [5.41, 5.74) is 1.79. The van der Waals surface area contributed by atoms with Crippen molar-refractivity contribution >= 4 is 34.9 Å². The molecule has 1 fully saturated rings. The molecule has 27 heavy (non-hydrogen) atoms. The van der Waals surface area contributed by atoms with Gasteiger partial charge in [-0.1, -0.05) is 0 Å². The van der Waals surface area contributed by atoms with Crippen molar-refractivity contribution in [2.24, 2.45) is 0 Å². The molecule has 1 aliphatic heterocycles. The number of hydrogen-bond donors (Lipinski definition) is 2. The van der Waals surface area contributed by atoms with Gasteiger partial charge in [0.1, 0.15) is 12.4 Å². The van der Waals surface area contributed by atoms with E-state index in [9.17, 15) is 18.8 Å². The molecular formula is C19H19FN4O3. The third-order valence-electron chi connectivity index (χ3n) is 4.06. The molecule has 2 N–H and O–H groups in total. The van der Waals surface area contributed by atoms with Crippen molar-refractivity contribution in [2.75, 3.05) is 35.2 Å². The van der Waals surface area contributed by atoms with Crippen LogP contribution in [0.4, 0.5) is 26.2 Å². The Labute approximate surface area is 155 Å². The van der Waals surface area contributed by atoms with E-state index >= 15 is 0 Å². The average molecular weight is 370 g/mol. The van der Waals surface area contributed by atoms with Crippen LogP contribution in [-0.4, -0.2) is 42.4 Å². The Kier molecular flexibility index (Phi) is 5.35. The number of amides is 4. The van der Waals surface area contributed by atoms with Crippen molar-refractivity contribution in [1.82, 2.24) is 4.90 Å². The second kappa shape index (κ2) is 7.86. The van der Waals surface area contributed by atoms with Gasteiger partial charge in [-0.3, -0.25) is 14.5 Å². The lowest BCUT2D eigenvalue weighted by Crippen LogP contribution is -2.37. The molecule has 3 rings (SSSR count). The maximum Gasteiger partial charge on any atom is 0.325 e. The fraction of sp³-hybridized carbons (Fsp3) is 0.211. The van der Waals surface area contributed by atoms with Crippen LogP contribution in [-0.2, 0) is 9.59 Å². The molecule has 0 unspecified atom stereocenters. The van der Waals surface area contributed by atoms with Crippen LogP contribution in [0, 0.1) is 5.82 Å². The van der Waals surface area contributed by atoms with Gasteiger partial charge < -0.3 is 15.5 Å². The topological polar surface area (TPSA) is 81.8 Å². The third-order valence-corrected chi connectivity index (χ3v) is 4.06. The number of nitrogens with zero attached hydrogens (tertiary/aromatic N) is 2. The van der Waals surface area contributed by atoms with E-state index in [1.165, 1.54) is 41.0 Å². The van der Waals surface area contributed by atoms with Crippen molar-refractivity contribution in [2.45, 2.75) is 6.92 Å². The van der Waals surface area contributed by atoms with Crippen LogP contribution >= 0.6 is 0 Å². The maximum atomic E-state index is 13.0. The molecule has 0 bridgehead atoms. The molecule has 0 spiro atoms. The zero-order valence-electron chi connectivity index (χ0n) is 14.7. The molecule has 1 heterocycles. The summed E-state index contributed by atoms with van der Waals surface area (Å²) in [7, 11) is 0. The molecule has 2 aromatic carbocycles. The fourth-order valence-corrected chi connectivity index (χ4v) is 2.80. The first kappa shape index (κ1) is 18.4. The highest BCUT2D eigenvalue weighted by Crippen LogP contribution is 2.20. The maximum absolute atomic E-state index is 13.0. The predicted octanol–water partition coefficient (Wildman–Crippen LogP) is 2.66. The summed E-state index contributed by atoms with van der Waals surface area (Å²) in [4.78, 5) is 38.6. The van der Waals surface area contributed by atoms with E-state index in [4.69, 9.17) is 0 Å². The molecule has 1 aliphatic rings. The van der Waals surface area contributed by atoms with Crippen molar-refractivity contribution in [3.8, 4) is 0 Å². The summed E-state index contributed by atoms with van der Waals surface area (Å²) in [5.74, 6) is -0.868.